The molecule has 0 spiro atoms. The van der Waals surface area contributed by atoms with Gasteiger partial charge >= 0.3 is 5.97 Å². The fourth-order valence-corrected chi connectivity index (χ4v) is 1.95. The Hall–Kier alpha value is -1.14. The van der Waals surface area contributed by atoms with Crippen LogP contribution >= 0.6 is 0 Å². The predicted molar refractivity (Wildman–Crippen MR) is 70.9 cm³/mol. The van der Waals surface area contributed by atoms with Crippen molar-refractivity contribution >= 4 is 11.9 Å². The van der Waals surface area contributed by atoms with Gasteiger partial charge in [-0.05, 0) is 26.2 Å². The monoisotopic (exact) mass is 272 g/mol. The van der Waals surface area contributed by atoms with Crippen molar-refractivity contribution in [1.82, 2.24) is 10.6 Å². The Morgan fingerprint density at radius 2 is 2.16 bits per heavy atom. The Labute approximate surface area is 113 Å². The third kappa shape index (κ3) is 6.02. The molecule has 1 fully saturated rings. The molecule has 3 N–H and O–H groups in total. The Morgan fingerprint density at radius 1 is 1.42 bits per heavy atom. The normalized spacial score (nSPS) is 24.1. The molecule has 1 aliphatic heterocycles. The Bertz CT molecular complexity index is 309. The number of ether oxygens (including phenoxy) is 1. The molecule has 1 rings (SSSR count). The minimum atomic E-state index is -0.893. The summed E-state index contributed by atoms with van der Waals surface area (Å²) in [5.41, 5.74) is 0. The quantitative estimate of drug-likeness (QED) is 0.560. The van der Waals surface area contributed by atoms with Crippen molar-refractivity contribution in [2.45, 2.75) is 57.8 Å². The Kier molecular flexibility index (Phi) is 6.80. The maximum absolute atomic E-state index is 11.5. The molecule has 6 heteroatoms. The van der Waals surface area contributed by atoms with Crippen molar-refractivity contribution in [2.75, 3.05) is 13.1 Å². The summed E-state index contributed by atoms with van der Waals surface area (Å²) in [6.07, 6.45) is 1.95. The van der Waals surface area contributed by atoms with E-state index in [9.17, 15) is 9.59 Å². The molecule has 110 valence electrons. The third-order valence-electron chi connectivity index (χ3n) is 3.30. The number of carboxylic acid groups (broad SMARTS) is 1. The van der Waals surface area contributed by atoms with Crippen LogP contribution in [0.3, 0.4) is 0 Å². The lowest BCUT2D eigenvalue weighted by molar-refractivity contribution is -0.149. The van der Waals surface area contributed by atoms with Gasteiger partial charge in [-0.15, -0.1) is 0 Å². The second kappa shape index (κ2) is 8.12. The smallest absolute Gasteiger partial charge is 0.332 e. The van der Waals surface area contributed by atoms with Gasteiger partial charge in [0.2, 0.25) is 5.91 Å². The first kappa shape index (κ1) is 15.9. The van der Waals surface area contributed by atoms with E-state index >= 15 is 0 Å². The maximum Gasteiger partial charge on any atom is 0.332 e. The van der Waals surface area contributed by atoms with Crippen LogP contribution in [0, 0.1) is 0 Å². The standard InChI is InChI=1S/C13H24N2O4/c1-3-9(2)15-12(16)6-7-14-8-10-4-5-11(19-10)13(17)18/h9-11,14H,3-8H2,1-2H3,(H,15,16)(H,17,18). The van der Waals surface area contributed by atoms with Gasteiger partial charge in [0, 0.05) is 25.6 Å². The average molecular weight is 272 g/mol. The second-order valence-corrected chi connectivity index (χ2v) is 4.99. The van der Waals surface area contributed by atoms with Crippen LogP contribution in [-0.4, -0.2) is 48.3 Å². The van der Waals surface area contributed by atoms with Gasteiger partial charge in [-0.1, -0.05) is 6.92 Å². The van der Waals surface area contributed by atoms with E-state index in [4.69, 9.17) is 9.84 Å². The number of carbonyl (C=O) groups excluding carboxylic acids is 1. The molecule has 0 radical (unpaired) electrons. The van der Waals surface area contributed by atoms with E-state index in [0.717, 1.165) is 12.8 Å². The van der Waals surface area contributed by atoms with E-state index in [-0.39, 0.29) is 18.1 Å². The molecular weight excluding hydrogens is 248 g/mol. The van der Waals surface area contributed by atoms with Crippen LogP contribution in [-0.2, 0) is 14.3 Å². The van der Waals surface area contributed by atoms with Crippen molar-refractivity contribution in [1.29, 1.82) is 0 Å². The molecule has 0 bridgehead atoms. The molecule has 6 nitrogen and oxygen atoms in total. The highest BCUT2D eigenvalue weighted by atomic mass is 16.5. The van der Waals surface area contributed by atoms with Crippen LogP contribution < -0.4 is 10.6 Å². The highest BCUT2D eigenvalue weighted by Crippen LogP contribution is 2.19. The molecule has 1 aliphatic rings. The van der Waals surface area contributed by atoms with Crippen LogP contribution in [0.2, 0.25) is 0 Å². The van der Waals surface area contributed by atoms with Crippen molar-refractivity contribution < 1.29 is 19.4 Å². The lowest BCUT2D eigenvalue weighted by atomic mass is 10.2. The third-order valence-corrected chi connectivity index (χ3v) is 3.30. The summed E-state index contributed by atoms with van der Waals surface area (Å²) in [6, 6.07) is 0.210. The predicted octanol–water partition coefficient (Wildman–Crippen LogP) is 0.513. The Morgan fingerprint density at radius 3 is 2.74 bits per heavy atom. The Balaban J connectivity index is 2.05. The van der Waals surface area contributed by atoms with Crippen molar-refractivity contribution in [3.05, 3.63) is 0 Å². The van der Waals surface area contributed by atoms with E-state index in [1.165, 1.54) is 0 Å². The van der Waals surface area contributed by atoms with Crippen LogP contribution in [0.25, 0.3) is 0 Å². The molecule has 3 unspecified atom stereocenters. The number of nitrogens with one attached hydrogen (secondary N) is 2. The van der Waals surface area contributed by atoms with E-state index in [2.05, 4.69) is 10.6 Å². The topological polar surface area (TPSA) is 87.7 Å². The molecule has 0 aromatic heterocycles. The van der Waals surface area contributed by atoms with Gasteiger partial charge in [-0.25, -0.2) is 4.79 Å². The maximum atomic E-state index is 11.5. The molecule has 0 saturated carbocycles. The zero-order valence-electron chi connectivity index (χ0n) is 11.6. The highest BCUT2D eigenvalue weighted by Gasteiger charge is 2.29. The first-order chi connectivity index (χ1) is 9.02. The number of hydrogen-bond acceptors (Lipinski definition) is 4. The fourth-order valence-electron chi connectivity index (χ4n) is 1.95. The van der Waals surface area contributed by atoms with Gasteiger partial charge in [0.05, 0.1) is 6.10 Å². The second-order valence-electron chi connectivity index (χ2n) is 4.99. The molecule has 3 atom stereocenters. The van der Waals surface area contributed by atoms with Gasteiger partial charge < -0.3 is 20.5 Å². The first-order valence-corrected chi connectivity index (χ1v) is 6.91. The SMILES string of the molecule is CCC(C)NC(=O)CCNCC1CCC(C(=O)O)O1. The molecule has 0 aliphatic carbocycles. The number of amides is 1. The summed E-state index contributed by atoms with van der Waals surface area (Å²) in [7, 11) is 0. The van der Waals surface area contributed by atoms with Crippen molar-refractivity contribution in [3.8, 4) is 0 Å². The highest BCUT2D eigenvalue weighted by molar-refractivity contribution is 5.76. The van der Waals surface area contributed by atoms with Crippen LogP contribution in [0.1, 0.15) is 39.5 Å². The largest absolute Gasteiger partial charge is 0.479 e. The summed E-state index contributed by atoms with van der Waals surface area (Å²) < 4.78 is 5.35. The van der Waals surface area contributed by atoms with E-state index < -0.39 is 12.1 Å². The molecule has 0 aromatic carbocycles. The number of carbonyl (C=O) groups is 2. The lowest BCUT2D eigenvalue weighted by Crippen LogP contribution is -2.35. The van der Waals surface area contributed by atoms with Gasteiger partial charge in [0.1, 0.15) is 0 Å². The van der Waals surface area contributed by atoms with Gasteiger partial charge in [0.15, 0.2) is 6.10 Å². The van der Waals surface area contributed by atoms with Crippen molar-refractivity contribution in [2.24, 2.45) is 0 Å². The van der Waals surface area contributed by atoms with Crippen LogP contribution in [0.15, 0.2) is 0 Å². The summed E-state index contributed by atoms with van der Waals surface area (Å²) in [5, 5.41) is 14.8. The molecule has 19 heavy (non-hydrogen) atoms. The number of rotatable bonds is 8. The minimum Gasteiger partial charge on any atom is -0.479 e. The van der Waals surface area contributed by atoms with Crippen LogP contribution in [0.5, 0.6) is 0 Å². The zero-order chi connectivity index (χ0) is 14.3. The summed E-state index contributed by atoms with van der Waals surface area (Å²) in [4.78, 5) is 22.2. The van der Waals surface area contributed by atoms with E-state index in [0.29, 0.717) is 25.9 Å². The fraction of sp³-hybridized carbons (Fsp3) is 0.846. The van der Waals surface area contributed by atoms with Gasteiger partial charge in [-0.3, -0.25) is 4.79 Å². The van der Waals surface area contributed by atoms with Crippen LogP contribution in [0.4, 0.5) is 0 Å². The molecule has 1 amide bonds. The molecular formula is C13H24N2O4. The van der Waals surface area contributed by atoms with E-state index in [1.54, 1.807) is 0 Å². The first-order valence-electron chi connectivity index (χ1n) is 6.91. The summed E-state index contributed by atoms with van der Waals surface area (Å²) in [5.74, 6) is -0.854. The zero-order valence-corrected chi connectivity index (χ0v) is 11.6. The van der Waals surface area contributed by atoms with E-state index in [1.807, 2.05) is 13.8 Å². The van der Waals surface area contributed by atoms with Crippen molar-refractivity contribution in [3.63, 3.8) is 0 Å². The number of hydrogen-bond donors (Lipinski definition) is 3. The molecule has 0 aromatic rings. The minimum absolute atomic E-state index is 0.0394. The molecule has 1 heterocycles. The van der Waals surface area contributed by atoms with Gasteiger partial charge in [-0.2, -0.15) is 0 Å². The molecule has 1 saturated heterocycles. The average Bonchev–Trinajstić information content (AvgIpc) is 2.83. The summed E-state index contributed by atoms with van der Waals surface area (Å²) in [6.45, 7) is 5.18. The number of aliphatic carboxylic acids is 1. The van der Waals surface area contributed by atoms with Gasteiger partial charge in [0.25, 0.3) is 0 Å². The summed E-state index contributed by atoms with van der Waals surface area (Å²) >= 11 is 0. The lowest BCUT2D eigenvalue weighted by Gasteiger charge is -2.13. The number of carboxylic acids is 1.